The fourth-order valence-corrected chi connectivity index (χ4v) is 2.77. The maximum absolute atomic E-state index is 11.8. The minimum absolute atomic E-state index is 0.00493. The molecule has 0 radical (unpaired) electrons. The molecular formula is C15H24N2O4. The average molecular weight is 296 g/mol. The van der Waals surface area contributed by atoms with Crippen LogP contribution < -0.4 is 5.43 Å². The van der Waals surface area contributed by atoms with Crippen molar-refractivity contribution in [3.63, 3.8) is 0 Å². The van der Waals surface area contributed by atoms with Gasteiger partial charge in [0.15, 0.2) is 5.75 Å². The van der Waals surface area contributed by atoms with E-state index in [1.165, 1.54) is 6.07 Å². The number of aromatic hydroxyl groups is 1. The van der Waals surface area contributed by atoms with Crippen molar-refractivity contribution < 1.29 is 14.9 Å². The number of likely N-dealkylation sites (tertiary alicyclic amines) is 1. The Labute approximate surface area is 124 Å². The zero-order chi connectivity index (χ0) is 15.2. The minimum atomic E-state index is -0.325. The maximum Gasteiger partial charge on any atom is 0.223 e. The quantitative estimate of drug-likeness (QED) is 0.715. The van der Waals surface area contributed by atoms with Crippen LogP contribution in [0.5, 0.6) is 5.75 Å². The molecule has 0 bridgehead atoms. The number of hydrogen-bond donors (Lipinski definition) is 2. The number of aliphatic hydroxyl groups excluding tert-OH is 1. The Hall–Kier alpha value is -1.37. The van der Waals surface area contributed by atoms with Crippen molar-refractivity contribution >= 4 is 0 Å². The maximum atomic E-state index is 11.8. The van der Waals surface area contributed by atoms with Crippen molar-refractivity contribution in [2.24, 2.45) is 0 Å². The van der Waals surface area contributed by atoms with E-state index in [4.69, 9.17) is 9.84 Å². The Balaban J connectivity index is 2.19. The SMILES string of the molecule is Cc1cc(=O)c(O)c(CN2CCCC2)n1CCOCCO. The fourth-order valence-electron chi connectivity index (χ4n) is 2.77. The number of rotatable bonds is 7. The van der Waals surface area contributed by atoms with Crippen LogP contribution in [-0.4, -0.2) is 52.6 Å². The molecule has 0 atom stereocenters. The zero-order valence-electron chi connectivity index (χ0n) is 12.5. The zero-order valence-corrected chi connectivity index (χ0v) is 12.5. The lowest BCUT2D eigenvalue weighted by Crippen LogP contribution is -2.26. The van der Waals surface area contributed by atoms with Crippen LogP contribution in [0.25, 0.3) is 0 Å². The van der Waals surface area contributed by atoms with Crippen molar-refractivity contribution in [3.8, 4) is 5.75 Å². The second-order valence-corrected chi connectivity index (χ2v) is 5.42. The summed E-state index contributed by atoms with van der Waals surface area (Å²) in [5.74, 6) is -0.158. The average Bonchev–Trinajstić information content (AvgIpc) is 2.96. The molecule has 0 amide bonds. The van der Waals surface area contributed by atoms with Crippen LogP contribution in [0.3, 0.4) is 0 Å². The van der Waals surface area contributed by atoms with E-state index in [0.29, 0.717) is 32.0 Å². The molecule has 6 heteroatoms. The monoisotopic (exact) mass is 296 g/mol. The molecule has 0 aliphatic carbocycles. The molecule has 118 valence electrons. The van der Waals surface area contributed by atoms with Crippen LogP contribution in [0.4, 0.5) is 0 Å². The normalized spacial score (nSPS) is 15.7. The van der Waals surface area contributed by atoms with Gasteiger partial charge in [0.25, 0.3) is 0 Å². The highest BCUT2D eigenvalue weighted by molar-refractivity contribution is 5.29. The summed E-state index contributed by atoms with van der Waals surface area (Å²) in [5.41, 5.74) is 1.16. The van der Waals surface area contributed by atoms with E-state index in [9.17, 15) is 9.90 Å². The molecule has 1 aliphatic heterocycles. The van der Waals surface area contributed by atoms with E-state index in [2.05, 4.69) is 4.90 Å². The lowest BCUT2D eigenvalue weighted by atomic mass is 10.2. The van der Waals surface area contributed by atoms with Crippen LogP contribution in [-0.2, 0) is 17.8 Å². The lowest BCUT2D eigenvalue weighted by molar-refractivity contribution is 0.0858. The summed E-state index contributed by atoms with van der Waals surface area (Å²) in [4.78, 5) is 14.1. The highest BCUT2D eigenvalue weighted by Crippen LogP contribution is 2.19. The molecule has 0 spiro atoms. The predicted molar refractivity (Wildman–Crippen MR) is 79.5 cm³/mol. The molecule has 2 N–H and O–H groups in total. The van der Waals surface area contributed by atoms with E-state index in [0.717, 1.165) is 31.6 Å². The Morgan fingerprint density at radius 2 is 2.00 bits per heavy atom. The molecular weight excluding hydrogens is 272 g/mol. The van der Waals surface area contributed by atoms with Crippen molar-refractivity contribution in [1.82, 2.24) is 9.47 Å². The summed E-state index contributed by atoms with van der Waals surface area (Å²) in [5, 5.41) is 18.8. The number of aliphatic hydroxyl groups is 1. The third-order valence-corrected chi connectivity index (χ3v) is 3.87. The summed E-state index contributed by atoms with van der Waals surface area (Å²) in [6, 6.07) is 1.45. The molecule has 1 aromatic heterocycles. The molecule has 1 fully saturated rings. The molecule has 1 saturated heterocycles. The van der Waals surface area contributed by atoms with E-state index in [1.807, 2.05) is 11.5 Å². The second-order valence-electron chi connectivity index (χ2n) is 5.42. The van der Waals surface area contributed by atoms with Crippen molar-refractivity contribution in [1.29, 1.82) is 0 Å². The van der Waals surface area contributed by atoms with E-state index >= 15 is 0 Å². The Kier molecular flexibility index (Phi) is 5.78. The number of nitrogens with zero attached hydrogens (tertiary/aromatic N) is 2. The Bertz CT molecular complexity index is 521. The standard InChI is InChI=1S/C15H24N2O4/c1-12-10-14(19)15(20)13(11-16-4-2-3-5-16)17(12)6-8-21-9-7-18/h10,18,20H,2-9,11H2,1H3. The van der Waals surface area contributed by atoms with Gasteiger partial charge in [-0.2, -0.15) is 0 Å². The highest BCUT2D eigenvalue weighted by atomic mass is 16.5. The van der Waals surface area contributed by atoms with Crippen molar-refractivity contribution in [2.45, 2.75) is 32.9 Å². The van der Waals surface area contributed by atoms with Crippen LogP contribution in [0.2, 0.25) is 0 Å². The minimum Gasteiger partial charge on any atom is -0.503 e. The van der Waals surface area contributed by atoms with E-state index in [-0.39, 0.29) is 17.8 Å². The molecule has 2 rings (SSSR count). The molecule has 2 heterocycles. The number of aromatic nitrogens is 1. The smallest absolute Gasteiger partial charge is 0.223 e. The van der Waals surface area contributed by atoms with Crippen molar-refractivity contribution in [3.05, 3.63) is 27.7 Å². The summed E-state index contributed by atoms with van der Waals surface area (Å²) in [6.45, 7) is 5.75. The summed E-state index contributed by atoms with van der Waals surface area (Å²) in [6.07, 6.45) is 2.33. The van der Waals surface area contributed by atoms with Gasteiger partial charge in [-0.15, -0.1) is 0 Å². The molecule has 1 aliphatic rings. The first kappa shape index (κ1) is 16.0. The number of pyridine rings is 1. The van der Waals surface area contributed by atoms with Gasteiger partial charge in [-0.1, -0.05) is 0 Å². The first-order chi connectivity index (χ1) is 10.1. The molecule has 0 aromatic carbocycles. The summed E-state index contributed by atoms with van der Waals surface area (Å²) < 4.78 is 7.23. The first-order valence-corrected chi connectivity index (χ1v) is 7.46. The van der Waals surface area contributed by atoms with Gasteiger partial charge in [-0.3, -0.25) is 9.69 Å². The fraction of sp³-hybridized carbons (Fsp3) is 0.667. The van der Waals surface area contributed by atoms with E-state index in [1.54, 1.807) is 0 Å². The third kappa shape index (κ3) is 4.06. The van der Waals surface area contributed by atoms with Gasteiger partial charge >= 0.3 is 0 Å². The van der Waals surface area contributed by atoms with Gasteiger partial charge in [0.2, 0.25) is 5.43 Å². The van der Waals surface area contributed by atoms with Gasteiger partial charge < -0.3 is 19.5 Å². The number of hydrogen-bond acceptors (Lipinski definition) is 5. The predicted octanol–water partition coefficient (Wildman–Crippen LogP) is 0.467. The molecule has 21 heavy (non-hydrogen) atoms. The highest BCUT2D eigenvalue weighted by Gasteiger charge is 2.18. The first-order valence-electron chi connectivity index (χ1n) is 7.46. The lowest BCUT2D eigenvalue weighted by Gasteiger charge is -2.22. The van der Waals surface area contributed by atoms with Gasteiger partial charge in [0.05, 0.1) is 25.5 Å². The molecule has 0 unspecified atom stereocenters. The van der Waals surface area contributed by atoms with Crippen molar-refractivity contribution in [2.75, 3.05) is 32.9 Å². The topological polar surface area (TPSA) is 74.9 Å². The van der Waals surface area contributed by atoms with Gasteiger partial charge in [0, 0.05) is 24.8 Å². The number of aryl methyl sites for hydroxylation is 1. The summed E-state index contributed by atoms with van der Waals surface area (Å²) in [7, 11) is 0. The van der Waals surface area contributed by atoms with Gasteiger partial charge in [-0.05, 0) is 32.9 Å². The van der Waals surface area contributed by atoms with Crippen LogP contribution in [0.15, 0.2) is 10.9 Å². The Morgan fingerprint density at radius 1 is 1.29 bits per heavy atom. The molecule has 6 nitrogen and oxygen atoms in total. The largest absolute Gasteiger partial charge is 0.503 e. The van der Waals surface area contributed by atoms with Gasteiger partial charge in [0.1, 0.15) is 0 Å². The van der Waals surface area contributed by atoms with Crippen LogP contribution in [0.1, 0.15) is 24.2 Å². The summed E-state index contributed by atoms with van der Waals surface area (Å²) >= 11 is 0. The second kappa shape index (κ2) is 7.59. The van der Waals surface area contributed by atoms with E-state index < -0.39 is 0 Å². The molecule has 1 aromatic rings. The Morgan fingerprint density at radius 3 is 2.67 bits per heavy atom. The van der Waals surface area contributed by atoms with Crippen LogP contribution >= 0.6 is 0 Å². The third-order valence-electron chi connectivity index (χ3n) is 3.87. The molecule has 0 saturated carbocycles. The van der Waals surface area contributed by atoms with Crippen LogP contribution in [0, 0.1) is 6.92 Å². The number of ether oxygens (including phenoxy) is 1. The van der Waals surface area contributed by atoms with Gasteiger partial charge in [-0.25, -0.2) is 0 Å².